The fraction of sp³-hybridized carbons (Fsp3) is 0.500. The molecule has 0 radical (unpaired) electrons. The third kappa shape index (κ3) is 6.10. The second kappa shape index (κ2) is 7.45. The molecule has 3 N–H and O–H groups in total. The van der Waals surface area contributed by atoms with Crippen molar-refractivity contribution in [3.8, 4) is 0 Å². The molecule has 0 amide bonds. The third-order valence-corrected chi connectivity index (χ3v) is 4.16. The van der Waals surface area contributed by atoms with E-state index in [1.54, 1.807) is 12.1 Å². The number of sulfonamides is 1. The van der Waals surface area contributed by atoms with Crippen LogP contribution in [0.5, 0.6) is 0 Å². The molecule has 7 heteroatoms. The molecule has 4 nitrogen and oxygen atoms in total. The van der Waals surface area contributed by atoms with Gasteiger partial charge in [0.1, 0.15) is 0 Å². The van der Waals surface area contributed by atoms with E-state index in [0.717, 1.165) is 12.0 Å². The van der Waals surface area contributed by atoms with Crippen molar-refractivity contribution in [2.24, 2.45) is 5.14 Å². The maximum absolute atomic E-state index is 10.8. The average molecular weight is 325 g/mol. The molecule has 1 rings (SSSR count). The molecule has 1 aromatic carbocycles. The predicted octanol–water partition coefficient (Wildman–Crippen LogP) is 2.71. The number of hydrogen-bond donors (Lipinski definition) is 2. The number of nitrogens with one attached hydrogen (secondary N) is 1. The largest absolute Gasteiger partial charge is 0.310 e. The number of benzene rings is 1. The van der Waals surface area contributed by atoms with E-state index in [9.17, 15) is 8.42 Å². The summed E-state index contributed by atoms with van der Waals surface area (Å²) < 4.78 is 21.6. The van der Waals surface area contributed by atoms with E-state index in [1.165, 1.54) is 0 Å². The predicted molar refractivity (Wildman–Crippen MR) is 80.1 cm³/mol. The van der Waals surface area contributed by atoms with Gasteiger partial charge in [0.05, 0.1) is 5.75 Å². The standard InChI is InChI=1S/C12H18Cl2N2O2S/c1-2-12(16-6-3-7-19(15,17)18)10-5-4-9(13)8-11(10)14/h4-5,8,12,16H,2-3,6-7H2,1H3,(H2,15,17,18). The van der Waals surface area contributed by atoms with Crippen LogP contribution in [0, 0.1) is 0 Å². The summed E-state index contributed by atoms with van der Waals surface area (Å²) in [7, 11) is -3.39. The molecule has 0 aliphatic rings. The number of nitrogens with two attached hydrogens (primary N) is 1. The highest BCUT2D eigenvalue weighted by molar-refractivity contribution is 7.89. The lowest BCUT2D eigenvalue weighted by atomic mass is 10.0. The monoisotopic (exact) mass is 324 g/mol. The Bertz CT molecular complexity index is 520. The molecule has 1 unspecified atom stereocenters. The summed E-state index contributed by atoms with van der Waals surface area (Å²) in [4.78, 5) is 0. The molecular formula is C12H18Cl2N2O2S. The molecule has 0 aliphatic carbocycles. The molecule has 0 heterocycles. The highest BCUT2D eigenvalue weighted by Gasteiger charge is 2.13. The normalized spacial score (nSPS) is 13.5. The summed E-state index contributed by atoms with van der Waals surface area (Å²) in [5, 5.41) is 9.42. The van der Waals surface area contributed by atoms with Crippen LogP contribution in [0.25, 0.3) is 0 Å². The van der Waals surface area contributed by atoms with Crippen LogP contribution in [-0.4, -0.2) is 20.7 Å². The first kappa shape index (κ1) is 16.7. The number of primary sulfonamides is 1. The van der Waals surface area contributed by atoms with E-state index in [0.29, 0.717) is 23.0 Å². The summed E-state index contributed by atoms with van der Waals surface area (Å²) in [6, 6.07) is 5.45. The zero-order valence-electron chi connectivity index (χ0n) is 10.7. The first-order valence-corrected chi connectivity index (χ1v) is 8.49. The van der Waals surface area contributed by atoms with Crippen molar-refractivity contribution in [3.63, 3.8) is 0 Å². The van der Waals surface area contributed by atoms with Crippen LogP contribution in [0.2, 0.25) is 10.0 Å². The van der Waals surface area contributed by atoms with Crippen molar-refractivity contribution in [2.75, 3.05) is 12.3 Å². The van der Waals surface area contributed by atoms with E-state index >= 15 is 0 Å². The first-order valence-electron chi connectivity index (χ1n) is 6.02. The molecular weight excluding hydrogens is 307 g/mol. The van der Waals surface area contributed by atoms with Gasteiger partial charge in [-0.05, 0) is 37.1 Å². The van der Waals surface area contributed by atoms with E-state index in [1.807, 2.05) is 13.0 Å². The van der Waals surface area contributed by atoms with Gasteiger partial charge in [-0.25, -0.2) is 13.6 Å². The Kier molecular flexibility index (Phi) is 6.56. The topological polar surface area (TPSA) is 72.2 Å². The molecule has 19 heavy (non-hydrogen) atoms. The van der Waals surface area contributed by atoms with E-state index in [2.05, 4.69) is 5.32 Å². The van der Waals surface area contributed by atoms with Crippen molar-refractivity contribution < 1.29 is 8.42 Å². The fourth-order valence-electron chi connectivity index (χ4n) is 1.81. The molecule has 1 aromatic rings. The van der Waals surface area contributed by atoms with Crippen molar-refractivity contribution >= 4 is 33.2 Å². The molecule has 0 aliphatic heterocycles. The third-order valence-electron chi connectivity index (χ3n) is 2.74. The summed E-state index contributed by atoms with van der Waals surface area (Å²) >= 11 is 12.0. The van der Waals surface area contributed by atoms with Gasteiger partial charge in [0.25, 0.3) is 0 Å². The second-order valence-corrected chi connectivity index (χ2v) is 6.88. The summed E-state index contributed by atoms with van der Waals surface area (Å²) in [6.07, 6.45) is 1.32. The van der Waals surface area contributed by atoms with Gasteiger partial charge >= 0.3 is 0 Å². The van der Waals surface area contributed by atoms with Gasteiger partial charge in [-0.1, -0.05) is 36.2 Å². The zero-order chi connectivity index (χ0) is 14.5. The van der Waals surface area contributed by atoms with Crippen LogP contribution < -0.4 is 10.5 Å². The van der Waals surface area contributed by atoms with Gasteiger partial charge in [-0.2, -0.15) is 0 Å². The Balaban J connectivity index is 2.58. The molecule has 0 saturated heterocycles. The van der Waals surface area contributed by atoms with E-state index in [-0.39, 0.29) is 11.8 Å². The highest BCUT2D eigenvalue weighted by atomic mass is 35.5. The number of hydrogen-bond acceptors (Lipinski definition) is 3. The smallest absolute Gasteiger partial charge is 0.209 e. The minimum Gasteiger partial charge on any atom is -0.310 e. The lowest BCUT2D eigenvalue weighted by Crippen LogP contribution is -2.25. The van der Waals surface area contributed by atoms with E-state index < -0.39 is 10.0 Å². The Morgan fingerprint density at radius 1 is 1.37 bits per heavy atom. The van der Waals surface area contributed by atoms with Gasteiger partial charge < -0.3 is 5.32 Å². The van der Waals surface area contributed by atoms with Gasteiger partial charge in [-0.15, -0.1) is 0 Å². The first-order chi connectivity index (χ1) is 8.83. The van der Waals surface area contributed by atoms with Gasteiger partial charge in [-0.3, -0.25) is 0 Å². The van der Waals surface area contributed by atoms with Gasteiger partial charge in [0.2, 0.25) is 10.0 Å². The van der Waals surface area contributed by atoms with E-state index in [4.69, 9.17) is 28.3 Å². The molecule has 108 valence electrons. The lowest BCUT2D eigenvalue weighted by Gasteiger charge is -2.18. The van der Waals surface area contributed by atoms with Gasteiger partial charge in [0.15, 0.2) is 0 Å². The maximum Gasteiger partial charge on any atom is 0.209 e. The zero-order valence-corrected chi connectivity index (χ0v) is 13.0. The Morgan fingerprint density at radius 2 is 2.05 bits per heavy atom. The Morgan fingerprint density at radius 3 is 2.58 bits per heavy atom. The lowest BCUT2D eigenvalue weighted by molar-refractivity contribution is 0.516. The maximum atomic E-state index is 10.8. The van der Waals surface area contributed by atoms with Crippen LogP contribution in [0.1, 0.15) is 31.4 Å². The van der Waals surface area contributed by atoms with Crippen molar-refractivity contribution in [1.82, 2.24) is 5.32 Å². The SMILES string of the molecule is CCC(NCCCS(N)(=O)=O)c1ccc(Cl)cc1Cl. The average Bonchev–Trinajstić information content (AvgIpc) is 2.29. The Labute approximate surface area is 124 Å². The molecule has 0 saturated carbocycles. The molecule has 0 bridgehead atoms. The summed E-state index contributed by atoms with van der Waals surface area (Å²) in [5.41, 5.74) is 0.962. The van der Waals surface area contributed by atoms with Crippen LogP contribution in [0.4, 0.5) is 0 Å². The number of rotatable bonds is 7. The highest BCUT2D eigenvalue weighted by Crippen LogP contribution is 2.27. The van der Waals surface area contributed by atoms with Crippen molar-refractivity contribution in [2.45, 2.75) is 25.8 Å². The minimum atomic E-state index is -3.39. The molecule has 0 spiro atoms. The van der Waals surface area contributed by atoms with Crippen LogP contribution in [-0.2, 0) is 10.0 Å². The molecule has 0 fully saturated rings. The quantitative estimate of drug-likeness (QED) is 0.757. The van der Waals surface area contributed by atoms with Crippen LogP contribution in [0.3, 0.4) is 0 Å². The number of halogens is 2. The van der Waals surface area contributed by atoms with Crippen molar-refractivity contribution in [1.29, 1.82) is 0 Å². The summed E-state index contributed by atoms with van der Waals surface area (Å²) in [6.45, 7) is 2.59. The minimum absolute atomic E-state index is 0.0230. The Hall–Kier alpha value is -0.330. The fourth-order valence-corrected chi connectivity index (χ4v) is 2.89. The molecule has 0 aromatic heterocycles. The van der Waals surface area contributed by atoms with Crippen LogP contribution >= 0.6 is 23.2 Å². The summed E-state index contributed by atoms with van der Waals surface area (Å²) in [5.74, 6) is -0.0230. The second-order valence-electron chi connectivity index (χ2n) is 4.30. The molecule has 1 atom stereocenters. The van der Waals surface area contributed by atoms with Crippen molar-refractivity contribution in [3.05, 3.63) is 33.8 Å². The van der Waals surface area contributed by atoms with Gasteiger partial charge in [0, 0.05) is 16.1 Å². The van der Waals surface area contributed by atoms with Crippen LogP contribution in [0.15, 0.2) is 18.2 Å².